The second-order valence-electron chi connectivity index (χ2n) is 0. The van der Waals surface area contributed by atoms with Gasteiger partial charge in [-0.1, -0.05) is 0 Å². The molecular weight excluding hydrogens is 343 g/mol. The van der Waals surface area contributed by atoms with E-state index < -0.39 is 0 Å². The molecule has 0 atom stereocenters. The molecule has 28 valence electrons. The van der Waals surface area contributed by atoms with Crippen molar-refractivity contribution in [2.45, 2.75) is 0 Å². The van der Waals surface area contributed by atoms with Gasteiger partial charge in [-0.25, -0.2) is 0 Å². The van der Waals surface area contributed by atoms with E-state index in [1.807, 2.05) is 0 Å². The fraction of sp³-hybridized carbons (Fsp3) is 0. The van der Waals surface area contributed by atoms with Crippen LogP contribution in [0.1, 0.15) is 0 Å². The standard InChI is InChI=1S/2In.3O.Zn.2H. The van der Waals surface area contributed by atoms with Crippen LogP contribution in [0.25, 0.3) is 0 Å². The Hall–Kier alpha value is 1.76. The van der Waals surface area contributed by atoms with Crippen molar-refractivity contribution in [2.24, 2.45) is 0 Å². The van der Waals surface area contributed by atoms with Crippen molar-refractivity contribution in [3.05, 3.63) is 0 Å². The molecule has 0 fully saturated rings. The van der Waals surface area contributed by atoms with Gasteiger partial charge in [-0.15, -0.1) is 0 Å². The Balaban J connectivity index is -0.0000000225. The monoisotopic (exact) mass is 344 g/mol. The SMILES string of the molecule is [O]=[InH].[O]=[InH].[O]=[Zn]. The summed E-state index contributed by atoms with van der Waals surface area (Å²) in [6, 6.07) is 0. The van der Waals surface area contributed by atoms with Crippen molar-refractivity contribution < 1.29 is 27.5 Å². The van der Waals surface area contributed by atoms with Crippen molar-refractivity contribution in [1.29, 1.82) is 0 Å². The Morgan fingerprint density at radius 1 is 0.833 bits per heavy atom. The van der Waals surface area contributed by atoms with E-state index in [1.165, 1.54) is 0 Å². The van der Waals surface area contributed by atoms with Gasteiger partial charge in [0.15, 0.2) is 0 Å². The molecule has 0 N–H and O–H groups in total. The van der Waals surface area contributed by atoms with Gasteiger partial charge >= 0.3 is 76.3 Å². The van der Waals surface area contributed by atoms with Gasteiger partial charge in [0.1, 0.15) is 0 Å². The van der Waals surface area contributed by atoms with E-state index in [2.05, 4.69) is 0 Å². The maximum atomic E-state index is 8.42. The van der Waals surface area contributed by atoms with Crippen LogP contribution in [0.2, 0.25) is 0 Å². The molecular formula is H2In2O3Zn. The topological polar surface area (TPSA) is 51.2 Å². The molecule has 0 aromatic carbocycles. The molecule has 0 aromatic rings. The summed E-state index contributed by atoms with van der Waals surface area (Å²) in [6.45, 7) is 0. The molecule has 0 aliphatic rings. The van der Waals surface area contributed by atoms with E-state index in [0.29, 0.717) is 0 Å². The van der Waals surface area contributed by atoms with Crippen molar-refractivity contribution in [2.75, 3.05) is 0 Å². The van der Waals surface area contributed by atoms with Crippen LogP contribution in [-0.4, -0.2) is 48.8 Å². The number of hydrogen-bond donors (Lipinski definition) is 0. The van der Waals surface area contributed by atoms with Crippen molar-refractivity contribution in [1.82, 2.24) is 0 Å². The molecule has 0 aliphatic heterocycles. The number of rotatable bonds is 0. The zero-order valence-electron chi connectivity index (χ0n) is 3.35. The summed E-state index contributed by atoms with van der Waals surface area (Å²) in [7, 11) is 0. The average Bonchev–Trinajstić information content (AvgIpc) is 1.81. The summed E-state index contributed by atoms with van der Waals surface area (Å²) in [5.74, 6) is 0. The first-order valence-electron chi connectivity index (χ1n) is 0.866. The first-order chi connectivity index (χ1) is 3.00. The van der Waals surface area contributed by atoms with Crippen LogP contribution in [0.5, 0.6) is 0 Å². The molecule has 0 aromatic heterocycles. The van der Waals surface area contributed by atoms with Crippen molar-refractivity contribution >= 4 is 48.8 Å². The van der Waals surface area contributed by atoms with Crippen LogP contribution in [0.3, 0.4) is 0 Å². The van der Waals surface area contributed by atoms with Crippen LogP contribution in [0.4, 0.5) is 0 Å². The predicted octanol–water partition coefficient (Wildman–Crippen LogP) is -1.66. The van der Waals surface area contributed by atoms with Gasteiger partial charge in [-0.05, 0) is 0 Å². The molecule has 0 aliphatic carbocycles. The Labute approximate surface area is 75.2 Å². The van der Waals surface area contributed by atoms with Crippen LogP contribution in [0, 0.1) is 0 Å². The van der Waals surface area contributed by atoms with E-state index in [0.717, 1.165) is 0 Å². The van der Waals surface area contributed by atoms with Gasteiger partial charge in [-0.3, -0.25) is 0 Å². The van der Waals surface area contributed by atoms with Gasteiger partial charge in [0.25, 0.3) is 0 Å². The molecule has 0 bridgehead atoms. The first-order valence-corrected chi connectivity index (χ1v) is 5.37. The molecule has 0 amide bonds. The molecule has 6 heavy (non-hydrogen) atoms. The molecule has 0 saturated heterocycles. The molecule has 6 heteroatoms. The summed E-state index contributed by atoms with van der Waals surface area (Å²) < 4.78 is 25.2. The average molecular weight is 345 g/mol. The van der Waals surface area contributed by atoms with Crippen LogP contribution >= 0.6 is 0 Å². The van der Waals surface area contributed by atoms with Gasteiger partial charge in [0.2, 0.25) is 0 Å². The minimum absolute atomic E-state index is 0.1000. The minimum atomic E-state index is -0.1000. The zero-order valence-corrected chi connectivity index (χ0v) is 14.4. The summed E-state index contributed by atoms with van der Waals surface area (Å²) >= 11 is -0.0750. The van der Waals surface area contributed by atoms with Crippen LogP contribution in [0.15, 0.2) is 0 Å². The maximum absolute atomic E-state index is 8.42. The van der Waals surface area contributed by atoms with Crippen LogP contribution < -0.4 is 0 Å². The quantitative estimate of drug-likeness (QED) is 0.494. The van der Waals surface area contributed by atoms with E-state index in [4.69, 9.17) is 9.28 Å². The van der Waals surface area contributed by atoms with E-state index in [-0.39, 0.29) is 67.0 Å². The van der Waals surface area contributed by atoms with Gasteiger partial charge in [0, 0.05) is 0 Å². The van der Waals surface area contributed by atoms with E-state index in [9.17, 15) is 0 Å². The summed E-state index contributed by atoms with van der Waals surface area (Å²) in [5.41, 5.74) is 0. The third kappa shape index (κ3) is 42.0. The fourth-order valence-electron chi connectivity index (χ4n) is 0. The third-order valence-corrected chi connectivity index (χ3v) is 0. The first kappa shape index (κ1) is 15.7. The molecule has 0 radical (unpaired) electrons. The van der Waals surface area contributed by atoms with Crippen molar-refractivity contribution in [3.63, 3.8) is 0 Å². The Kier molecular flexibility index (Phi) is 188. The summed E-state index contributed by atoms with van der Waals surface area (Å²) in [5, 5.41) is 0. The summed E-state index contributed by atoms with van der Waals surface area (Å²) in [6.07, 6.45) is 0. The zero-order chi connectivity index (χ0) is 6.00. The van der Waals surface area contributed by atoms with Crippen molar-refractivity contribution in [3.8, 4) is 0 Å². The molecule has 0 heterocycles. The Morgan fingerprint density at radius 2 is 0.833 bits per heavy atom. The van der Waals surface area contributed by atoms with E-state index >= 15 is 0 Å². The van der Waals surface area contributed by atoms with E-state index in [1.54, 1.807) is 0 Å². The summed E-state index contributed by atoms with van der Waals surface area (Å²) in [4.78, 5) is 0. The van der Waals surface area contributed by atoms with Gasteiger partial charge in [-0.2, -0.15) is 0 Å². The molecule has 0 rings (SSSR count). The third-order valence-electron chi connectivity index (χ3n) is 0. The molecule has 0 spiro atoms. The molecule has 0 unspecified atom stereocenters. The second-order valence-corrected chi connectivity index (χ2v) is 0. The second kappa shape index (κ2) is 72.2. The predicted molar refractivity (Wildman–Crippen MR) is 16.4 cm³/mol. The molecule has 3 nitrogen and oxygen atoms in total. The Bertz CT molecular complexity index is 13.5. The number of hydrogen-bond acceptors (Lipinski definition) is 3. The normalized spacial score (nSPS) is 2.00. The van der Waals surface area contributed by atoms with Crippen LogP contribution in [-0.2, 0) is 27.5 Å². The Morgan fingerprint density at radius 3 is 0.833 bits per heavy atom. The van der Waals surface area contributed by atoms with Gasteiger partial charge in [0.05, 0.1) is 0 Å². The molecule has 0 saturated carbocycles. The van der Waals surface area contributed by atoms with Gasteiger partial charge < -0.3 is 0 Å². The fourth-order valence-corrected chi connectivity index (χ4v) is 0.